The molecule has 1 saturated heterocycles. The van der Waals surface area contributed by atoms with E-state index >= 15 is 0 Å². The third-order valence-corrected chi connectivity index (χ3v) is 4.45. The average Bonchev–Trinajstić information content (AvgIpc) is 2.76. The molecule has 0 radical (unpaired) electrons. The predicted molar refractivity (Wildman–Crippen MR) is 79.0 cm³/mol. The molecule has 6 heteroatoms. The summed E-state index contributed by atoms with van der Waals surface area (Å²) in [6.45, 7) is 9.08. The molecule has 2 aromatic heterocycles. The zero-order valence-electron chi connectivity index (χ0n) is 12.4. The Morgan fingerprint density at radius 1 is 1.25 bits per heavy atom. The van der Waals surface area contributed by atoms with Crippen molar-refractivity contribution in [3.8, 4) is 0 Å². The van der Waals surface area contributed by atoms with E-state index in [1.54, 1.807) is 4.68 Å². The van der Waals surface area contributed by atoms with Gasteiger partial charge in [-0.2, -0.15) is 10.2 Å². The molecule has 108 valence electrons. The van der Waals surface area contributed by atoms with Crippen LogP contribution in [0.3, 0.4) is 0 Å². The van der Waals surface area contributed by atoms with Crippen molar-refractivity contribution in [3.05, 3.63) is 33.9 Å². The van der Waals surface area contributed by atoms with E-state index in [1.807, 2.05) is 20.9 Å². The summed E-state index contributed by atoms with van der Waals surface area (Å²) in [5, 5.41) is 9.66. The molecule has 0 spiro atoms. The number of aromatic nitrogens is 4. The summed E-state index contributed by atoms with van der Waals surface area (Å²) in [5.41, 5.74) is 4.49. The van der Waals surface area contributed by atoms with Crippen LogP contribution < -0.4 is 0 Å². The van der Waals surface area contributed by atoms with Gasteiger partial charge in [0.2, 0.25) is 0 Å². The predicted octanol–water partition coefficient (Wildman–Crippen LogP) is 2.25. The summed E-state index contributed by atoms with van der Waals surface area (Å²) in [6, 6.07) is 2.62. The van der Waals surface area contributed by atoms with Gasteiger partial charge in [-0.25, -0.2) is 0 Å². The van der Waals surface area contributed by atoms with Crippen molar-refractivity contribution in [2.24, 2.45) is 7.05 Å². The minimum absolute atomic E-state index is 0.486. The first-order valence-corrected chi connectivity index (χ1v) is 7.26. The van der Waals surface area contributed by atoms with Crippen LogP contribution in [0.1, 0.15) is 28.7 Å². The molecular weight excluding hydrogens is 274 g/mol. The highest BCUT2D eigenvalue weighted by Crippen LogP contribution is 2.27. The lowest BCUT2D eigenvalue weighted by Gasteiger charge is -2.39. The van der Waals surface area contributed by atoms with Gasteiger partial charge in [0.05, 0.1) is 17.4 Å². The number of nitrogens with zero attached hydrogens (tertiary/aromatic N) is 5. The van der Waals surface area contributed by atoms with Gasteiger partial charge in [0.15, 0.2) is 0 Å². The molecule has 2 aromatic rings. The lowest BCUT2D eigenvalue weighted by molar-refractivity contribution is 0.0892. The fourth-order valence-electron chi connectivity index (χ4n) is 2.92. The van der Waals surface area contributed by atoms with Crippen molar-refractivity contribution in [1.29, 1.82) is 0 Å². The molecule has 0 aliphatic carbocycles. The van der Waals surface area contributed by atoms with Crippen molar-refractivity contribution >= 4 is 11.6 Å². The lowest BCUT2D eigenvalue weighted by Crippen LogP contribution is -2.47. The Kier molecular flexibility index (Phi) is 3.34. The van der Waals surface area contributed by atoms with Gasteiger partial charge >= 0.3 is 0 Å². The van der Waals surface area contributed by atoms with Crippen LogP contribution >= 0.6 is 11.6 Å². The van der Waals surface area contributed by atoms with Crippen LogP contribution in [-0.4, -0.2) is 37.6 Å². The minimum Gasteiger partial charge on any atom is -0.295 e. The highest BCUT2D eigenvalue weighted by molar-refractivity contribution is 6.30. The molecule has 0 unspecified atom stereocenters. The molecule has 0 N–H and O–H groups in total. The first kappa shape index (κ1) is 13.6. The molecule has 5 nitrogen and oxygen atoms in total. The Balaban J connectivity index is 1.65. The van der Waals surface area contributed by atoms with Gasteiger partial charge < -0.3 is 0 Å². The van der Waals surface area contributed by atoms with E-state index in [0.717, 1.165) is 41.7 Å². The van der Waals surface area contributed by atoms with Crippen molar-refractivity contribution < 1.29 is 0 Å². The summed E-state index contributed by atoms with van der Waals surface area (Å²) in [5.74, 6) is 0. The zero-order valence-corrected chi connectivity index (χ0v) is 13.1. The largest absolute Gasteiger partial charge is 0.295 e. The minimum atomic E-state index is 0.486. The van der Waals surface area contributed by atoms with Gasteiger partial charge in [-0.3, -0.25) is 14.3 Å². The molecule has 3 heterocycles. The Morgan fingerprint density at radius 3 is 2.45 bits per heavy atom. The topological polar surface area (TPSA) is 38.9 Å². The molecule has 0 saturated carbocycles. The van der Waals surface area contributed by atoms with Crippen LogP contribution in [0, 0.1) is 20.8 Å². The monoisotopic (exact) mass is 293 g/mol. The van der Waals surface area contributed by atoms with E-state index in [2.05, 4.69) is 32.8 Å². The zero-order chi connectivity index (χ0) is 14.4. The molecule has 1 fully saturated rings. The van der Waals surface area contributed by atoms with E-state index in [4.69, 9.17) is 11.6 Å². The number of hydrogen-bond donors (Lipinski definition) is 0. The van der Waals surface area contributed by atoms with Gasteiger partial charge in [0, 0.05) is 37.9 Å². The molecule has 1 aliphatic rings. The Bertz CT molecular complexity index is 636. The first-order chi connectivity index (χ1) is 9.45. The summed E-state index contributed by atoms with van der Waals surface area (Å²) < 4.78 is 3.88. The third kappa shape index (κ3) is 2.25. The molecule has 0 bridgehead atoms. The highest BCUT2D eigenvalue weighted by atomic mass is 35.5. The normalized spacial score (nSPS) is 16.6. The SMILES string of the molecule is Cc1cc(C)n(C2CN(Cc3c(C)nn(C)c3Cl)C2)n1. The van der Waals surface area contributed by atoms with Gasteiger partial charge in [0.25, 0.3) is 0 Å². The maximum atomic E-state index is 6.28. The maximum Gasteiger partial charge on any atom is 0.131 e. The average molecular weight is 294 g/mol. The highest BCUT2D eigenvalue weighted by Gasteiger charge is 2.30. The summed E-state index contributed by atoms with van der Waals surface area (Å²) in [6.07, 6.45) is 0. The van der Waals surface area contributed by atoms with Crippen molar-refractivity contribution in [1.82, 2.24) is 24.5 Å². The second kappa shape index (κ2) is 4.90. The maximum absolute atomic E-state index is 6.28. The number of halogens is 1. The van der Waals surface area contributed by atoms with Gasteiger partial charge in [-0.05, 0) is 26.8 Å². The Morgan fingerprint density at radius 2 is 1.95 bits per heavy atom. The van der Waals surface area contributed by atoms with Gasteiger partial charge in [0.1, 0.15) is 5.15 Å². The number of rotatable bonds is 3. The van der Waals surface area contributed by atoms with E-state index < -0.39 is 0 Å². The summed E-state index contributed by atoms with van der Waals surface area (Å²) >= 11 is 6.28. The summed E-state index contributed by atoms with van der Waals surface area (Å²) in [4.78, 5) is 2.39. The molecule has 0 amide bonds. The Hall–Kier alpha value is -1.33. The Labute approximate surface area is 124 Å². The van der Waals surface area contributed by atoms with Crippen LogP contribution in [0.15, 0.2) is 6.07 Å². The van der Waals surface area contributed by atoms with Crippen LogP contribution in [0.5, 0.6) is 0 Å². The van der Waals surface area contributed by atoms with Crippen LogP contribution in [0.2, 0.25) is 5.15 Å². The van der Waals surface area contributed by atoms with Crippen LogP contribution in [0.4, 0.5) is 0 Å². The van der Waals surface area contributed by atoms with E-state index in [-0.39, 0.29) is 0 Å². The van der Waals surface area contributed by atoms with Crippen LogP contribution in [-0.2, 0) is 13.6 Å². The molecule has 20 heavy (non-hydrogen) atoms. The quantitative estimate of drug-likeness (QED) is 0.871. The second-order valence-electron chi connectivity index (χ2n) is 5.70. The molecule has 0 aromatic carbocycles. The van der Waals surface area contributed by atoms with E-state index in [1.165, 1.54) is 5.69 Å². The van der Waals surface area contributed by atoms with Crippen LogP contribution in [0.25, 0.3) is 0 Å². The third-order valence-electron chi connectivity index (χ3n) is 3.98. The second-order valence-corrected chi connectivity index (χ2v) is 6.06. The van der Waals surface area contributed by atoms with E-state index in [9.17, 15) is 0 Å². The van der Waals surface area contributed by atoms with Crippen molar-refractivity contribution in [2.75, 3.05) is 13.1 Å². The fourth-order valence-corrected chi connectivity index (χ4v) is 3.15. The number of hydrogen-bond acceptors (Lipinski definition) is 3. The van der Waals surface area contributed by atoms with Gasteiger partial charge in [-0.15, -0.1) is 0 Å². The van der Waals surface area contributed by atoms with Gasteiger partial charge in [-0.1, -0.05) is 11.6 Å². The van der Waals surface area contributed by atoms with Crippen molar-refractivity contribution in [3.63, 3.8) is 0 Å². The number of likely N-dealkylation sites (tertiary alicyclic amines) is 1. The number of aryl methyl sites for hydroxylation is 4. The standard InChI is InChI=1S/C14H20ClN5/c1-9-5-10(2)20(16-9)12-6-19(7-12)8-13-11(3)17-18(4)14(13)15/h5,12H,6-8H2,1-4H3. The fraction of sp³-hybridized carbons (Fsp3) is 0.571. The molecule has 1 aliphatic heterocycles. The summed E-state index contributed by atoms with van der Waals surface area (Å²) in [7, 11) is 1.88. The lowest BCUT2D eigenvalue weighted by atomic mass is 10.1. The molecule has 0 atom stereocenters. The molecule has 3 rings (SSSR count). The van der Waals surface area contributed by atoms with E-state index in [0.29, 0.717) is 6.04 Å². The smallest absolute Gasteiger partial charge is 0.131 e. The van der Waals surface area contributed by atoms with Crippen molar-refractivity contribution in [2.45, 2.75) is 33.4 Å². The first-order valence-electron chi connectivity index (χ1n) is 6.88. The molecular formula is C14H20ClN5.